The molecule has 4 aliphatic rings. The van der Waals surface area contributed by atoms with Crippen LogP contribution in [-0.4, -0.2) is 61.5 Å². The average Bonchev–Trinajstić information content (AvgIpc) is 3.46. The van der Waals surface area contributed by atoms with Crippen molar-refractivity contribution in [1.29, 1.82) is 0 Å². The molecule has 0 spiro atoms. The molecule has 0 bridgehead atoms. The SMILES string of the molecule is CN(CCCCCC[C@@]12CCC[C@H]1[C@@H]1CCc3cc(OC4CCCCO4)ccc3[C@H]1CC2)CCCSCCCC(F)(F)C(F)(F)F. The first-order chi connectivity index (χ1) is 22.1. The van der Waals surface area contributed by atoms with Crippen molar-refractivity contribution in [3.05, 3.63) is 29.3 Å². The van der Waals surface area contributed by atoms with Crippen molar-refractivity contribution in [2.45, 2.75) is 140 Å². The molecule has 262 valence electrons. The molecule has 5 atom stereocenters. The van der Waals surface area contributed by atoms with Crippen LogP contribution in [0.5, 0.6) is 5.75 Å². The van der Waals surface area contributed by atoms with Gasteiger partial charge in [0.15, 0.2) is 6.29 Å². The molecule has 3 aliphatic carbocycles. The van der Waals surface area contributed by atoms with Gasteiger partial charge < -0.3 is 14.4 Å². The maximum Gasteiger partial charge on any atom is 0.453 e. The first-order valence-corrected chi connectivity index (χ1v) is 19.4. The Balaban J connectivity index is 0.957. The van der Waals surface area contributed by atoms with E-state index in [1.54, 1.807) is 5.56 Å². The normalized spacial score (nSPS) is 28.2. The highest BCUT2D eigenvalue weighted by molar-refractivity contribution is 7.99. The van der Waals surface area contributed by atoms with E-state index in [9.17, 15) is 22.0 Å². The van der Waals surface area contributed by atoms with Crippen molar-refractivity contribution >= 4 is 11.8 Å². The Morgan fingerprint density at radius 2 is 1.70 bits per heavy atom. The molecule has 1 heterocycles. The molecule has 9 heteroatoms. The van der Waals surface area contributed by atoms with Crippen LogP contribution in [0.25, 0.3) is 0 Å². The number of fused-ring (bicyclic) bond motifs is 5. The molecule has 3 nitrogen and oxygen atoms in total. The van der Waals surface area contributed by atoms with Gasteiger partial charge in [0.1, 0.15) is 5.75 Å². The van der Waals surface area contributed by atoms with E-state index in [0.29, 0.717) is 17.1 Å². The summed E-state index contributed by atoms with van der Waals surface area (Å²) in [6, 6.07) is 6.90. The standard InChI is InChI=1S/C37H56F5NO2S/c1-43(23-10-26-46-25-9-20-36(38,39)37(40,41)42)22-6-3-2-5-18-35-19-8-11-33(35)32-15-13-28-27-29(45-34-12-4-7-24-44-34)14-16-30(28)31(32)17-21-35/h14,16,27,31-34H,2-13,15,17-26H2,1H3/t31-,32-,33+,34?,35+/m1/s1. The van der Waals surface area contributed by atoms with Gasteiger partial charge in [-0.1, -0.05) is 31.7 Å². The Bertz CT molecular complexity index is 1080. The molecule has 0 amide bonds. The van der Waals surface area contributed by atoms with Crippen LogP contribution in [0.4, 0.5) is 22.0 Å². The second-order valence-electron chi connectivity index (χ2n) is 14.7. The quantitative estimate of drug-likeness (QED) is 0.121. The summed E-state index contributed by atoms with van der Waals surface area (Å²) in [4.78, 5) is 2.32. The predicted molar refractivity (Wildman–Crippen MR) is 177 cm³/mol. The van der Waals surface area contributed by atoms with Crippen LogP contribution in [0.3, 0.4) is 0 Å². The summed E-state index contributed by atoms with van der Waals surface area (Å²) >= 11 is 1.48. The van der Waals surface area contributed by atoms with Gasteiger partial charge in [-0.2, -0.15) is 33.7 Å². The lowest BCUT2D eigenvalue weighted by molar-refractivity contribution is -0.284. The van der Waals surface area contributed by atoms with Crippen molar-refractivity contribution in [2.24, 2.45) is 17.3 Å². The van der Waals surface area contributed by atoms with Crippen molar-refractivity contribution < 1.29 is 31.4 Å². The maximum atomic E-state index is 13.0. The Morgan fingerprint density at radius 3 is 2.50 bits per heavy atom. The molecule has 1 aliphatic heterocycles. The Morgan fingerprint density at radius 1 is 0.891 bits per heavy atom. The second kappa shape index (κ2) is 16.6. The summed E-state index contributed by atoms with van der Waals surface area (Å²) in [5.41, 5.74) is 3.68. The van der Waals surface area contributed by atoms with Gasteiger partial charge in [0.05, 0.1) is 6.61 Å². The fourth-order valence-corrected chi connectivity index (χ4v) is 10.1. The topological polar surface area (TPSA) is 21.7 Å². The van der Waals surface area contributed by atoms with Crippen LogP contribution in [0.2, 0.25) is 0 Å². The van der Waals surface area contributed by atoms with Gasteiger partial charge >= 0.3 is 12.1 Å². The molecule has 1 aromatic rings. The Kier molecular flexibility index (Phi) is 13.0. The fourth-order valence-electron chi connectivity index (χ4n) is 9.22. The molecular weight excluding hydrogens is 617 g/mol. The highest BCUT2D eigenvalue weighted by atomic mass is 32.2. The summed E-state index contributed by atoms with van der Waals surface area (Å²) < 4.78 is 74.7. The molecule has 1 unspecified atom stereocenters. The van der Waals surface area contributed by atoms with Gasteiger partial charge in [-0.25, -0.2) is 0 Å². The highest BCUT2D eigenvalue weighted by Gasteiger charge is 2.56. The first-order valence-electron chi connectivity index (χ1n) is 18.2. The molecule has 46 heavy (non-hydrogen) atoms. The molecule has 0 N–H and O–H groups in total. The Labute approximate surface area is 278 Å². The number of rotatable bonds is 17. The van der Waals surface area contributed by atoms with Crippen LogP contribution >= 0.6 is 11.8 Å². The highest BCUT2D eigenvalue weighted by Crippen LogP contribution is 2.63. The number of ether oxygens (including phenoxy) is 2. The lowest BCUT2D eigenvalue weighted by Gasteiger charge is -2.51. The molecule has 0 radical (unpaired) electrons. The zero-order chi connectivity index (χ0) is 32.6. The number of nitrogens with zero attached hydrogens (tertiary/aromatic N) is 1. The van der Waals surface area contributed by atoms with Gasteiger partial charge in [-0.05, 0) is 155 Å². The Hall–Kier alpha value is -1.06. The van der Waals surface area contributed by atoms with Crippen LogP contribution in [0.1, 0.15) is 126 Å². The van der Waals surface area contributed by atoms with Crippen molar-refractivity contribution in [2.75, 3.05) is 38.2 Å². The van der Waals surface area contributed by atoms with Crippen LogP contribution in [0, 0.1) is 17.3 Å². The zero-order valence-electron chi connectivity index (χ0n) is 27.9. The van der Waals surface area contributed by atoms with Crippen molar-refractivity contribution in [1.82, 2.24) is 4.90 Å². The first kappa shape index (κ1) is 36.2. The summed E-state index contributed by atoms with van der Waals surface area (Å²) in [7, 11) is 2.12. The van der Waals surface area contributed by atoms with Gasteiger partial charge in [0.25, 0.3) is 0 Å². The maximum absolute atomic E-state index is 13.0. The molecule has 1 saturated heterocycles. The number of alkyl halides is 5. The molecule has 1 aromatic carbocycles. The van der Waals surface area contributed by atoms with Crippen LogP contribution < -0.4 is 4.74 Å². The number of thioether (sulfide) groups is 1. The van der Waals surface area contributed by atoms with E-state index in [-0.39, 0.29) is 12.7 Å². The van der Waals surface area contributed by atoms with E-state index >= 15 is 0 Å². The smallest absolute Gasteiger partial charge is 0.453 e. The summed E-state index contributed by atoms with van der Waals surface area (Å²) in [5, 5.41) is 0. The summed E-state index contributed by atoms with van der Waals surface area (Å²) in [6.07, 6.45) is 13.4. The van der Waals surface area contributed by atoms with Crippen LogP contribution in [-0.2, 0) is 11.2 Å². The predicted octanol–water partition coefficient (Wildman–Crippen LogP) is 10.8. The van der Waals surface area contributed by atoms with Crippen LogP contribution in [0.15, 0.2) is 18.2 Å². The minimum absolute atomic E-state index is 0.0855. The second-order valence-corrected chi connectivity index (χ2v) is 15.9. The third-order valence-corrected chi connectivity index (χ3v) is 12.8. The van der Waals surface area contributed by atoms with E-state index in [2.05, 4.69) is 30.1 Å². The van der Waals surface area contributed by atoms with E-state index < -0.39 is 18.5 Å². The number of hydrogen-bond donors (Lipinski definition) is 0. The molecule has 5 rings (SSSR count). The minimum atomic E-state index is -5.44. The molecule has 0 aromatic heterocycles. The van der Waals surface area contributed by atoms with Crippen molar-refractivity contribution in [3.8, 4) is 5.75 Å². The van der Waals surface area contributed by atoms with E-state index in [1.165, 1.54) is 101 Å². The monoisotopic (exact) mass is 673 g/mol. The fraction of sp³-hybridized carbons (Fsp3) is 0.838. The lowest BCUT2D eigenvalue weighted by Crippen LogP contribution is -2.41. The van der Waals surface area contributed by atoms with Crippen molar-refractivity contribution in [3.63, 3.8) is 0 Å². The third-order valence-electron chi connectivity index (χ3n) is 11.6. The van der Waals surface area contributed by atoms with E-state index in [0.717, 1.165) is 62.3 Å². The lowest BCUT2D eigenvalue weighted by atomic mass is 9.54. The van der Waals surface area contributed by atoms with E-state index in [1.807, 2.05) is 0 Å². The summed E-state index contributed by atoms with van der Waals surface area (Å²) in [6.45, 7) is 2.80. The number of benzene rings is 1. The largest absolute Gasteiger partial charge is 0.465 e. The molecule has 2 saturated carbocycles. The third kappa shape index (κ3) is 9.34. The van der Waals surface area contributed by atoms with Gasteiger partial charge in [-0.3, -0.25) is 0 Å². The number of halogens is 5. The zero-order valence-corrected chi connectivity index (χ0v) is 28.7. The number of hydrogen-bond acceptors (Lipinski definition) is 4. The van der Waals surface area contributed by atoms with Gasteiger partial charge in [0.2, 0.25) is 0 Å². The molecule has 3 fully saturated rings. The number of aryl methyl sites for hydroxylation is 1. The molecular formula is C37H56F5NO2S. The minimum Gasteiger partial charge on any atom is -0.465 e. The van der Waals surface area contributed by atoms with E-state index in [4.69, 9.17) is 9.47 Å². The average molecular weight is 674 g/mol. The van der Waals surface area contributed by atoms with Gasteiger partial charge in [-0.15, -0.1) is 0 Å². The number of unbranched alkanes of at least 4 members (excludes halogenated alkanes) is 3. The van der Waals surface area contributed by atoms with Gasteiger partial charge in [0, 0.05) is 12.8 Å². The summed E-state index contributed by atoms with van der Waals surface area (Å²) in [5.74, 6) is -0.00865.